The second kappa shape index (κ2) is 6.38. The average molecular weight is 246 g/mol. The van der Waals surface area contributed by atoms with Gasteiger partial charge in [0.1, 0.15) is 0 Å². The Morgan fingerprint density at radius 2 is 1.89 bits per heavy atom. The van der Waals surface area contributed by atoms with Gasteiger partial charge in [0.05, 0.1) is 6.10 Å². The molecule has 0 heterocycles. The molecule has 1 saturated carbocycles. The van der Waals surface area contributed by atoms with Crippen LogP contribution in [0.15, 0.2) is 24.3 Å². The molecule has 0 spiro atoms. The fraction of sp³-hybridized carbons (Fsp3) is 0.647. The monoisotopic (exact) mass is 246 g/mol. The van der Waals surface area contributed by atoms with E-state index in [0.29, 0.717) is 11.8 Å². The molecule has 1 unspecified atom stereocenters. The van der Waals surface area contributed by atoms with E-state index in [4.69, 9.17) is 0 Å². The Balaban J connectivity index is 2.06. The molecule has 1 atom stereocenters. The fourth-order valence-corrected chi connectivity index (χ4v) is 3.10. The first kappa shape index (κ1) is 13.6. The lowest BCUT2D eigenvalue weighted by Gasteiger charge is -2.27. The zero-order valence-electron chi connectivity index (χ0n) is 11.7. The molecule has 1 aromatic carbocycles. The van der Waals surface area contributed by atoms with Crippen molar-refractivity contribution in [1.82, 2.24) is 0 Å². The lowest BCUT2D eigenvalue weighted by Crippen LogP contribution is -2.16. The van der Waals surface area contributed by atoms with Gasteiger partial charge in [-0.05, 0) is 42.2 Å². The lowest BCUT2D eigenvalue weighted by molar-refractivity contribution is 0.0848. The Hall–Kier alpha value is -0.820. The van der Waals surface area contributed by atoms with Gasteiger partial charge in [-0.25, -0.2) is 0 Å². The molecule has 0 radical (unpaired) electrons. The van der Waals surface area contributed by atoms with E-state index in [-0.39, 0.29) is 6.10 Å². The molecular formula is C17H26O. The second-order valence-electron chi connectivity index (χ2n) is 6.19. The van der Waals surface area contributed by atoms with Crippen LogP contribution in [-0.2, 0) is 6.42 Å². The van der Waals surface area contributed by atoms with Crippen LogP contribution < -0.4 is 0 Å². The first-order chi connectivity index (χ1) is 8.66. The van der Waals surface area contributed by atoms with Crippen LogP contribution in [0.5, 0.6) is 0 Å². The SMILES string of the molecule is CC(C)Cc1cccc(C(O)C2CCCCC2)c1. The highest BCUT2D eigenvalue weighted by molar-refractivity contribution is 5.26. The van der Waals surface area contributed by atoms with Crippen molar-refractivity contribution in [3.8, 4) is 0 Å². The second-order valence-corrected chi connectivity index (χ2v) is 6.19. The Morgan fingerprint density at radius 3 is 2.56 bits per heavy atom. The molecule has 2 rings (SSSR count). The summed E-state index contributed by atoms with van der Waals surface area (Å²) in [5.74, 6) is 1.15. The van der Waals surface area contributed by atoms with Crippen LogP contribution in [0.3, 0.4) is 0 Å². The molecule has 18 heavy (non-hydrogen) atoms. The summed E-state index contributed by atoms with van der Waals surface area (Å²) in [4.78, 5) is 0. The van der Waals surface area contributed by atoms with E-state index in [0.717, 1.165) is 12.0 Å². The predicted octanol–water partition coefficient (Wildman–Crippen LogP) is 4.50. The third-order valence-electron chi connectivity index (χ3n) is 4.03. The average Bonchev–Trinajstić information content (AvgIpc) is 2.38. The van der Waals surface area contributed by atoms with Crippen LogP contribution in [0.2, 0.25) is 0 Å². The number of benzene rings is 1. The zero-order chi connectivity index (χ0) is 13.0. The van der Waals surface area contributed by atoms with Crippen molar-refractivity contribution in [3.63, 3.8) is 0 Å². The van der Waals surface area contributed by atoms with E-state index in [1.165, 1.54) is 37.7 Å². The summed E-state index contributed by atoms with van der Waals surface area (Å²) < 4.78 is 0. The van der Waals surface area contributed by atoms with Gasteiger partial charge in [-0.15, -0.1) is 0 Å². The van der Waals surface area contributed by atoms with Crippen LogP contribution in [0.25, 0.3) is 0 Å². The smallest absolute Gasteiger partial charge is 0.0818 e. The van der Waals surface area contributed by atoms with Crippen LogP contribution in [0.4, 0.5) is 0 Å². The predicted molar refractivity (Wildman–Crippen MR) is 76.5 cm³/mol. The highest BCUT2D eigenvalue weighted by Crippen LogP contribution is 2.34. The van der Waals surface area contributed by atoms with E-state index in [2.05, 4.69) is 38.1 Å². The molecule has 1 aliphatic rings. The van der Waals surface area contributed by atoms with E-state index in [1.54, 1.807) is 0 Å². The number of rotatable bonds is 4. The van der Waals surface area contributed by atoms with Gasteiger partial charge in [-0.1, -0.05) is 57.4 Å². The molecule has 1 heteroatoms. The summed E-state index contributed by atoms with van der Waals surface area (Å²) in [6.07, 6.45) is 7.14. The van der Waals surface area contributed by atoms with E-state index >= 15 is 0 Å². The summed E-state index contributed by atoms with van der Waals surface area (Å²) in [6.45, 7) is 4.48. The van der Waals surface area contributed by atoms with Gasteiger partial charge in [0.2, 0.25) is 0 Å². The van der Waals surface area contributed by atoms with Gasteiger partial charge in [-0.2, -0.15) is 0 Å². The normalized spacial score (nSPS) is 19.1. The summed E-state index contributed by atoms with van der Waals surface area (Å²) in [5.41, 5.74) is 2.48. The Labute approximate surface area is 111 Å². The lowest BCUT2D eigenvalue weighted by atomic mass is 9.82. The number of aliphatic hydroxyl groups is 1. The van der Waals surface area contributed by atoms with Crippen LogP contribution in [0, 0.1) is 11.8 Å². The molecule has 1 fully saturated rings. The molecule has 1 aliphatic carbocycles. The van der Waals surface area contributed by atoms with Crippen molar-refractivity contribution >= 4 is 0 Å². The molecule has 1 nitrogen and oxygen atoms in total. The van der Waals surface area contributed by atoms with Crippen LogP contribution in [-0.4, -0.2) is 5.11 Å². The van der Waals surface area contributed by atoms with Crippen molar-refractivity contribution in [3.05, 3.63) is 35.4 Å². The van der Waals surface area contributed by atoms with E-state index in [9.17, 15) is 5.11 Å². The Kier molecular flexibility index (Phi) is 4.82. The van der Waals surface area contributed by atoms with Gasteiger partial charge in [-0.3, -0.25) is 0 Å². The first-order valence-electron chi connectivity index (χ1n) is 7.43. The van der Waals surface area contributed by atoms with Gasteiger partial charge in [0, 0.05) is 0 Å². The molecule has 0 aromatic heterocycles. The van der Waals surface area contributed by atoms with Gasteiger partial charge >= 0.3 is 0 Å². The molecule has 0 bridgehead atoms. The first-order valence-corrected chi connectivity index (χ1v) is 7.43. The Bertz CT molecular complexity index is 364. The highest BCUT2D eigenvalue weighted by Gasteiger charge is 2.23. The Morgan fingerprint density at radius 1 is 1.17 bits per heavy atom. The molecule has 1 N–H and O–H groups in total. The summed E-state index contributed by atoms with van der Waals surface area (Å²) in [7, 11) is 0. The van der Waals surface area contributed by atoms with Crippen LogP contribution in [0.1, 0.15) is 63.2 Å². The molecule has 1 aromatic rings. The maximum absolute atomic E-state index is 10.5. The quantitative estimate of drug-likeness (QED) is 0.829. The van der Waals surface area contributed by atoms with E-state index < -0.39 is 0 Å². The topological polar surface area (TPSA) is 20.2 Å². The largest absolute Gasteiger partial charge is 0.388 e. The summed E-state index contributed by atoms with van der Waals surface area (Å²) >= 11 is 0. The molecule has 0 saturated heterocycles. The third kappa shape index (κ3) is 3.58. The highest BCUT2D eigenvalue weighted by atomic mass is 16.3. The zero-order valence-corrected chi connectivity index (χ0v) is 11.7. The number of hydrogen-bond acceptors (Lipinski definition) is 1. The van der Waals surface area contributed by atoms with Gasteiger partial charge in [0.15, 0.2) is 0 Å². The molecule has 0 amide bonds. The maximum atomic E-state index is 10.5. The minimum Gasteiger partial charge on any atom is -0.388 e. The van der Waals surface area contributed by atoms with Crippen molar-refractivity contribution in [2.45, 2.75) is 58.5 Å². The summed E-state index contributed by atoms with van der Waals surface area (Å²) in [5, 5.41) is 10.5. The van der Waals surface area contributed by atoms with Crippen molar-refractivity contribution < 1.29 is 5.11 Å². The maximum Gasteiger partial charge on any atom is 0.0818 e. The fourth-order valence-electron chi connectivity index (χ4n) is 3.10. The van der Waals surface area contributed by atoms with Crippen molar-refractivity contribution in [2.24, 2.45) is 11.8 Å². The van der Waals surface area contributed by atoms with Crippen molar-refractivity contribution in [1.29, 1.82) is 0 Å². The molecule has 0 aliphatic heterocycles. The van der Waals surface area contributed by atoms with Gasteiger partial charge in [0.25, 0.3) is 0 Å². The summed E-state index contributed by atoms with van der Waals surface area (Å²) in [6, 6.07) is 8.57. The number of hydrogen-bond donors (Lipinski definition) is 1. The molecular weight excluding hydrogens is 220 g/mol. The van der Waals surface area contributed by atoms with Crippen molar-refractivity contribution in [2.75, 3.05) is 0 Å². The van der Waals surface area contributed by atoms with Crippen LogP contribution >= 0.6 is 0 Å². The number of aliphatic hydroxyl groups excluding tert-OH is 1. The minimum atomic E-state index is -0.252. The van der Waals surface area contributed by atoms with Gasteiger partial charge < -0.3 is 5.11 Å². The third-order valence-corrected chi connectivity index (χ3v) is 4.03. The molecule has 100 valence electrons. The standard InChI is InChI=1S/C17H26O/c1-13(2)11-14-7-6-10-16(12-14)17(18)15-8-4-3-5-9-15/h6-7,10,12-13,15,17-18H,3-5,8-9,11H2,1-2H3. The van der Waals surface area contributed by atoms with E-state index in [1.807, 2.05) is 0 Å². The minimum absolute atomic E-state index is 0.252.